The van der Waals surface area contributed by atoms with E-state index in [1.54, 1.807) is 0 Å². The van der Waals surface area contributed by atoms with Gasteiger partial charge in [0, 0.05) is 0 Å². The molecule has 0 amide bonds. The maximum absolute atomic E-state index is 2.55. The number of rotatable bonds is 2. The lowest BCUT2D eigenvalue weighted by Crippen LogP contribution is -2.24. The Hall–Kier alpha value is 0. The predicted octanol–water partition coefficient (Wildman–Crippen LogP) is 6.84. The molecule has 0 aliphatic heterocycles. The average Bonchev–Trinajstić information content (AvgIpc) is 2.52. The Morgan fingerprint density at radius 3 is 1.11 bits per heavy atom. The van der Waals surface area contributed by atoms with Gasteiger partial charge in [0.1, 0.15) is 0 Å². The van der Waals surface area contributed by atoms with Crippen LogP contribution in [-0.2, 0) is 0 Å². The molecule has 0 heteroatoms. The lowest BCUT2D eigenvalue weighted by molar-refractivity contribution is 0.159. The molecule has 0 unspecified atom stereocenters. The van der Waals surface area contributed by atoms with Gasteiger partial charge >= 0.3 is 0 Å². The van der Waals surface area contributed by atoms with Crippen molar-refractivity contribution >= 4 is 0 Å². The fourth-order valence-corrected chi connectivity index (χ4v) is 3.70. The molecule has 0 N–H and O–H groups in total. The van der Waals surface area contributed by atoms with Crippen LogP contribution in [0.15, 0.2) is 0 Å². The molecule has 2 aliphatic carbocycles. The molecule has 0 aromatic heterocycles. The smallest absolute Gasteiger partial charge is 0.0386 e. The van der Waals surface area contributed by atoms with E-state index < -0.39 is 0 Å². The summed E-state index contributed by atoms with van der Waals surface area (Å²) in [5.74, 6) is 3.22. The SMILES string of the molecule is CC.CC.CC(C1CCCCC1)C1CCCCC1. The molecular formula is C18H38. The summed E-state index contributed by atoms with van der Waals surface area (Å²) < 4.78 is 0. The van der Waals surface area contributed by atoms with Gasteiger partial charge in [-0.2, -0.15) is 0 Å². The molecule has 0 radical (unpaired) electrons. The van der Waals surface area contributed by atoms with E-state index in [2.05, 4.69) is 6.92 Å². The summed E-state index contributed by atoms with van der Waals surface area (Å²) >= 11 is 0. The van der Waals surface area contributed by atoms with E-state index in [0.717, 1.165) is 17.8 Å². The Labute approximate surface area is 117 Å². The van der Waals surface area contributed by atoms with Crippen LogP contribution in [0.1, 0.15) is 98.8 Å². The van der Waals surface area contributed by atoms with E-state index in [4.69, 9.17) is 0 Å². The zero-order chi connectivity index (χ0) is 13.8. The van der Waals surface area contributed by atoms with Gasteiger partial charge in [0.15, 0.2) is 0 Å². The van der Waals surface area contributed by atoms with Crippen molar-refractivity contribution in [3.05, 3.63) is 0 Å². The monoisotopic (exact) mass is 254 g/mol. The summed E-state index contributed by atoms with van der Waals surface area (Å²) in [6.07, 6.45) is 15.2. The summed E-state index contributed by atoms with van der Waals surface area (Å²) in [5, 5.41) is 0. The summed E-state index contributed by atoms with van der Waals surface area (Å²) in [4.78, 5) is 0. The van der Waals surface area contributed by atoms with Crippen LogP contribution >= 0.6 is 0 Å². The van der Waals surface area contributed by atoms with Crippen LogP contribution in [0.2, 0.25) is 0 Å². The highest BCUT2D eigenvalue weighted by molar-refractivity contribution is 4.78. The first-order valence-corrected chi connectivity index (χ1v) is 8.88. The Balaban J connectivity index is 0.000000659. The van der Waals surface area contributed by atoms with Gasteiger partial charge in [-0.1, -0.05) is 98.8 Å². The highest BCUT2D eigenvalue weighted by atomic mass is 14.3. The molecule has 0 aromatic carbocycles. The average molecular weight is 255 g/mol. The van der Waals surface area contributed by atoms with E-state index in [0.29, 0.717) is 0 Å². The third-order valence-electron chi connectivity index (χ3n) is 4.79. The van der Waals surface area contributed by atoms with Crippen molar-refractivity contribution < 1.29 is 0 Å². The van der Waals surface area contributed by atoms with Crippen molar-refractivity contribution in [2.24, 2.45) is 17.8 Å². The minimum Gasteiger partial charge on any atom is -0.0683 e. The van der Waals surface area contributed by atoms with Crippen molar-refractivity contribution in [1.29, 1.82) is 0 Å². The lowest BCUT2D eigenvalue weighted by atomic mass is 9.71. The maximum atomic E-state index is 2.55. The minimum atomic E-state index is 1.04. The molecule has 0 spiro atoms. The second kappa shape index (κ2) is 12.1. The summed E-state index contributed by atoms with van der Waals surface area (Å²) in [6, 6.07) is 0. The van der Waals surface area contributed by atoms with Crippen LogP contribution in [0.5, 0.6) is 0 Å². The van der Waals surface area contributed by atoms with E-state index >= 15 is 0 Å². The molecule has 0 nitrogen and oxygen atoms in total. The highest BCUT2D eigenvalue weighted by Gasteiger charge is 2.27. The molecule has 0 saturated heterocycles. The van der Waals surface area contributed by atoms with E-state index in [1.807, 2.05) is 27.7 Å². The number of hydrogen-bond donors (Lipinski definition) is 0. The highest BCUT2D eigenvalue weighted by Crippen LogP contribution is 2.39. The van der Waals surface area contributed by atoms with Gasteiger partial charge in [-0.05, 0) is 17.8 Å². The predicted molar refractivity (Wildman–Crippen MR) is 85.0 cm³/mol. The second-order valence-electron chi connectivity index (χ2n) is 5.66. The molecule has 0 heterocycles. The van der Waals surface area contributed by atoms with Gasteiger partial charge in [0.2, 0.25) is 0 Å². The van der Waals surface area contributed by atoms with Crippen molar-refractivity contribution in [3.63, 3.8) is 0 Å². The van der Waals surface area contributed by atoms with E-state index in [-0.39, 0.29) is 0 Å². The standard InChI is InChI=1S/C14H26.2C2H6/c1-12(13-8-4-2-5-9-13)14-10-6-3-7-11-14;2*1-2/h12-14H,2-11H2,1H3;2*1-2H3. The summed E-state index contributed by atoms with van der Waals surface area (Å²) in [6.45, 7) is 10.5. The summed E-state index contributed by atoms with van der Waals surface area (Å²) in [5.41, 5.74) is 0. The fraction of sp³-hybridized carbons (Fsp3) is 1.00. The molecule has 2 saturated carbocycles. The van der Waals surface area contributed by atoms with E-state index in [1.165, 1.54) is 64.2 Å². The molecule has 0 aromatic rings. The zero-order valence-electron chi connectivity index (χ0n) is 13.8. The van der Waals surface area contributed by atoms with Gasteiger partial charge in [-0.25, -0.2) is 0 Å². The van der Waals surface area contributed by atoms with Gasteiger partial charge in [-0.15, -0.1) is 0 Å². The first-order chi connectivity index (χ1) is 8.88. The molecule has 0 atom stereocenters. The van der Waals surface area contributed by atoms with Gasteiger partial charge in [-0.3, -0.25) is 0 Å². The lowest BCUT2D eigenvalue weighted by Gasteiger charge is -2.35. The Morgan fingerprint density at radius 1 is 0.556 bits per heavy atom. The second-order valence-corrected chi connectivity index (χ2v) is 5.66. The van der Waals surface area contributed by atoms with Crippen molar-refractivity contribution in [3.8, 4) is 0 Å². The van der Waals surface area contributed by atoms with E-state index in [9.17, 15) is 0 Å². The van der Waals surface area contributed by atoms with Crippen LogP contribution in [0.25, 0.3) is 0 Å². The Morgan fingerprint density at radius 2 is 0.833 bits per heavy atom. The van der Waals surface area contributed by atoms with Crippen LogP contribution in [0.4, 0.5) is 0 Å². The van der Waals surface area contributed by atoms with Crippen molar-refractivity contribution in [2.75, 3.05) is 0 Å². The Bertz CT molecular complexity index is 131. The van der Waals surface area contributed by atoms with Crippen molar-refractivity contribution in [1.82, 2.24) is 0 Å². The topological polar surface area (TPSA) is 0 Å². The zero-order valence-corrected chi connectivity index (χ0v) is 13.8. The molecule has 18 heavy (non-hydrogen) atoms. The molecule has 0 bridgehead atoms. The quantitative estimate of drug-likeness (QED) is 0.506. The number of hydrogen-bond acceptors (Lipinski definition) is 0. The van der Waals surface area contributed by atoms with Gasteiger partial charge in [0.05, 0.1) is 0 Å². The minimum absolute atomic E-state index is 1.04. The van der Waals surface area contributed by atoms with Gasteiger partial charge < -0.3 is 0 Å². The van der Waals surface area contributed by atoms with Crippen LogP contribution in [0.3, 0.4) is 0 Å². The fourth-order valence-electron chi connectivity index (χ4n) is 3.70. The van der Waals surface area contributed by atoms with Crippen LogP contribution in [-0.4, -0.2) is 0 Å². The molecular weight excluding hydrogens is 216 g/mol. The first kappa shape index (κ1) is 18.0. The van der Waals surface area contributed by atoms with Crippen molar-refractivity contribution in [2.45, 2.75) is 98.8 Å². The van der Waals surface area contributed by atoms with Crippen LogP contribution in [0, 0.1) is 17.8 Å². The molecule has 2 aliphatic rings. The molecule has 110 valence electrons. The van der Waals surface area contributed by atoms with Gasteiger partial charge in [0.25, 0.3) is 0 Å². The maximum Gasteiger partial charge on any atom is -0.0386 e. The normalized spacial score (nSPS) is 21.7. The largest absolute Gasteiger partial charge is 0.0683 e. The molecule has 2 rings (SSSR count). The summed E-state index contributed by atoms with van der Waals surface area (Å²) in [7, 11) is 0. The Kier molecular flexibility index (Phi) is 12.1. The van der Waals surface area contributed by atoms with Crippen LogP contribution < -0.4 is 0 Å². The molecule has 2 fully saturated rings. The third kappa shape index (κ3) is 6.25. The third-order valence-corrected chi connectivity index (χ3v) is 4.79. The first-order valence-electron chi connectivity index (χ1n) is 8.88.